The highest BCUT2D eigenvalue weighted by Gasteiger charge is 2.32. The summed E-state index contributed by atoms with van der Waals surface area (Å²) in [5.41, 5.74) is 3.13. The van der Waals surface area contributed by atoms with Crippen molar-refractivity contribution in [1.82, 2.24) is 29.9 Å². The molecule has 44 heavy (non-hydrogen) atoms. The van der Waals surface area contributed by atoms with Crippen LogP contribution >= 0.6 is 0 Å². The molecular weight excluding hydrogens is 562 g/mol. The van der Waals surface area contributed by atoms with Crippen LogP contribution in [0, 0.1) is 11.6 Å². The van der Waals surface area contributed by atoms with E-state index in [2.05, 4.69) is 58.2 Å². The number of fused-ring (bicyclic) bond motifs is 10. The van der Waals surface area contributed by atoms with Crippen molar-refractivity contribution < 1.29 is 18.3 Å². The molecule has 0 saturated carbocycles. The lowest BCUT2D eigenvalue weighted by Crippen LogP contribution is -2.29. The molecule has 3 aromatic heterocycles. The maximum absolute atomic E-state index is 15.6. The standard InChI is InChI=1S/C34H32F2N6O2/c1-33(2)20-43-14-12-34(3,21-7-5-4-6-8-21)29-17-38-32(39-29)24-15-22(9-10-26(24)35)44-31-25(18-42-19-30(33)40-41-42)23-11-13-37-28(23)16-27(31)36/h4-11,13,15-17,19,37H,12,14,18,20H2,1-3H3,(H,38,39). The fraction of sp³-hybridized carbons (Fsp3) is 0.265. The highest BCUT2D eigenvalue weighted by Crippen LogP contribution is 2.39. The zero-order valence-corrected chi connectivity index (χ0v) is 24.7. The van der Waals surface area contributed by atoms with Gasteiger partial charge in [0, 0.05) is 64.3 Å². The summed E-state index contributed by atoms with van der Waals surface area (Å²) in [6.45, 7) is 7.33. The smallest absolute Gasteiger partial charge is 0.168 e. The molecule has 1 aliphatic rings. The average Bonchev–Trinajstić information content (AvgIpc) is 3.80. The van der Waals surface area contributed by atoms with Crippen LogP contribution in [0.2, 0.25) is 0 Å². The number of aromatic nitrogens is 6. The van der Waals surface area contributed by atoms with Gasteiger partial charge in [0.05, 0.1) is 24.4 Å². The topological polar surface area (TPSA) is 93.6 Å². The van der Waals surface area contributed by atoms with Gasteiger partial charge in [0.1, 0.15) is 17.4 Å². The molecule has 0 aliphatic carbocycles. The first-order valence-electron chi connectivity index (χ1n) is 14.6. The number of benzene rings is 3. The maximum Gasteiger partial charge on any atom is 0.168 e. The number of ether oxygens (including phenoxy) is 2. The van der Waals surface area contributed by atoms with E-state index in [4.69, 9.17) is 9.47 Å². The summed E-state index contributed by atoms with van der Waals surface area (Å²) in [6, 6.07) is 17.7. The molecule has 10 heteroatoms. The van der Waals surface area contributed by atoms with Gasteiger partial charge in [-0.3, -0.25) is 0 Å². The number of hydrogen-bond donors (Lipinski definition) is 2. The highest BCUT2D eigenvalue weighted by molar-refractivity contribution is 5.85. The van der Waals surface area contributed by atoms with Gasteiger partial charge in [-0.1, -0.05) is 49.4 Å². The molecule has 6 bridgehead atoms. The SMILES string of the molecule is CC1(C)COCCC(C)(c2ccccc2)c2cnc([nH]2)-c2cc(ccc2F)Oc2c(F)cc3[nH]ccc3c2Cn2cc1nn2. The molecule has 0 spiro atoms. The van der Waals surface area contributed by atoms with Gasteiger partial charge in [-0.2, -0.15) is 0 Å². The lowest BCUT2D eigenvalue weighted by atomic mass is 9.77. The van der Waals surface area contributed by atoms with Crippen LogP contribution in [0.15, 0.2) is 79.3 Å². The van der Waals surface area contributed by atoms with Gasteiger partial charge in [0.2, 0.25) is 0 Å². The fourth-order valence-corrected chi connectivity index (χ4v) is 5.86. The summed E-state index contributed by atoms with van der Waals surface area (Å²) >= 11 is 0. The number of imidazole rings is 1. The first kappa shape index (κ1) is 28.0. The molecule has 2 N–H and O–H groups in total. The van der Waals surface area contributed by atoms with Crippen LogP contribution in [0.25, 0.3) is 22.3 Å². The van der Waals surface area contributed by atoms with Crippen LogP contribution in [-0.2, 0) is 22.1 Å². The van der Waals surface area contributed by atoms with Gasteiger partial charge in [0.25, 0.3) is 0 Å². The quantitative estimate of drug-likeness (QED) is 0.209. The Morgan fingerprint density at radius 2 is 1.82 bits per heavy atom. The van der Waals surface area contributed by atoms with Crippen LogP contribution < -0.4 is 4.74 Å². The van der Waals surface area contributed by atoms with Crippen molar-refractivity contribution in [2.75, 3.05) is 13.2 Å². The van der Waals surface area contributed by atoms with Gasteiger partial charge in [-0.25, -0.2) is 18.4 Å². The van der Waals surface area contributed by atoms with Crippen molar-refractivity contribution in [3.63, 3.8) is 0 Å². The van der Waals surface area contributed by atoms with Crippen molar-refractivity contribution in [2.45, 2.75) is 44.6 Å². The lowest BCUT2D eigenvalue weighted by molar-refractivity contribution is 0.0829. The molecule has 3 aromatic carbocycles. The molecule has 8 nitrogen and oxygen atoms in total. The minimum Gasteiger partial charge on any atom is -0.454 e. The number of H-pyrrole nitrogens is 2. The van der Waals surface area contributed by atoms with Crippen LogP contribution in [0.4, 0.5) is 8.78 Å². The Balaban J connectivity index is 1.37. The number of rotatable bonds is 1. The van der Waals surface area contributed by atoms with Crippen LogP contribution in [0.5, 0.6) is 11.5 Å². The largest absolute Gasteiger partial charge is 0.454 e. The van der Waals surface area contributed by atoms with Crippen LogP contribution in [0.3, 0.4) is 0 Å². The molecule has 6 aromatic rings. The van der Waals surface area contributed by atoms with E-state index in [1.165, 1.54) is 24.3 Å². The second-order valence-corrected chi connectivity index (χ2v) is 12.2. The number of halogens is 2. The minimum atomic E-state index is -0.556. The third-order valence-corrected chi connectivity index (χ3v) is 8.62. The summed E-state index contributed by atoms with van der Waals surface area (Å²) in [4.78, 5) is 11.0. The molecular formula is C34H32F2N6O2. The lowest BCUT2D eigenvalue weighted by Gasteiger charge is -2.30. The Morgan fingerprint density at radius 3 is 2.66 bits per heavy atom. The number of nitrogens with zero attached hydrogens (tertiary/aromatic N) is 4. The average molecular weight is 595 g/mol. The Hall–Kier alpha value is -4.83. The van der Waals surface area contributed by atoms with Crippen molar-refractivity contribution in [1.29, 1.82) is 0 Å². The minimum absolute atomic E-state index is 0.0315. The molecule has 0 amide bonds. The van der Waals surface area contributed by atoms with Crippen LogP contribution in [0.1, 0.15) is 49.7 Å². The highest BCUT2D eigenvalue weighted by atomic mass is 19.1. The van der Waals surface area contributed by atoms with Gasteiger partial charge >= 0.3 is 0 Å². The van der Waals surface area contributed by atoms with Gasteiger partial charge in [-0.15, -0.1) is 5.10 Å². The van der Waals surface area contributed by atoms with E-state index in [0.29, 0.717) is 36.5 Å². The predicted molar refractivity (Wildman–Crippen MR) is 163 cm³/mol. The first-order chi connectivity index (χ1) is 21.2. The Labute approximate surface area is 253 Å². The first-order valence-corrected chi connectivity index (χ1v) is 14.6. The van der Waals surface area contributed by atoms with Crippen molar-refractivity contribution in [3.05, 3.63) is 113 Å². The molecule has 1 aliphatic heterocycles. The second kappa shape index (κ2) is 10.7. The van der Waals surface area contributed by atoms with Crippen molar-refractivity contribution in [2.24, 2.45) is 0 Å². The fourth-order valence-electron chi connectivity index (χ4n) is 5.86. The summed E-state index contributed by atoms with van der Waals surface area (Å²) in [5.74, 6) is -0.384. The van der Waals surface area contributed by atoms with Gasteiger partial charge in [-0.05, 0) is 43.2 Å². The van der Waals surface area contributed by atoms with E-state index in [1.807, 2.05) is 30.5 Å². The van der Waals surface area contributed by atoms with Crippen LogP contribution in [-0.4, -0.2) is 43.2 Å². The number of aromatic amines is 2. The number of hydrogen-bond acceptors (Lipinski definition) is 5. The van der Waals surface area contributed by atoms with E-state index in [1.54, 1.807) is 17.1 Å². The number of nitrogens with one attached hydrogen (secondary N) is 2. The van der Waals surface area contributed by atoms with E-state index in [0.717, 1.165) is 22.3 Å². The maximum atomic E-state index is 15.6. The second-order valence-electron chi connectivity index (χ2n) is 12.2. The summed E-state index contributed by atoms with van der Waals surface area (Å²) < 4.78 is 45.1. The molecule has 0 radical (unpaired) electrons. The van der Waals surface area contributed by atoms with E-state index in [9.17, 15) is 0 Å². The molecule has 0 fully saturated rings. The zero-order chi connectivity index (χ0) is 30.5. The molecule has 1 atom stereocenters. The monoisotopic (exact) mass is 594 g/mol. The Morgan fingerprint density at radius 1 is 0.977 bits per heavy atom. The normalized spacial score (nSPS) is 18.6. The molecule has 1 unspecified atom stereocenters. The van der Waals surface area contributed by atoms with Gasteiger partial charge < -0.3 is 19.4 Å². The van der Waals surface area contributed by atoms with E-state index >= 15 is 8.78 Å². The summed E-state index contributed by atoms with van der Waals surface area (Å²) in [6.07, 6.45) is 6.00. The van der Waals surface area contributed by atoms with Crippen molar-refractivity contribution >= 4 is 10.9 Å². The van der Waals surface area contributed by atoms with E-state index < -0.39 is 22.5 Å². The molecule has 224 valence electrons. The third kappa shape index (κ3) is 4.94. The Bertz CT molecular complexity index is 1960. The van der Waals surface area contributed by atoms with Gasteiger partial charge in [0.15, 0.2) is 11.6 Å². The summed E-state index contributed by atoms with van der Waals surface area (Å²) in [5, 5.41) is 9.61. The zero-order valence-electron chi connectivity index (χ0n) is 24.7. The summed E-state index contributed by atoms with van der Waals surface area (Å²) in [7, 11) is 0. The Kier molecular flexibility index (Phi) is 6.81. The molecule has 7 rings (SSSR count). The predicted octanol–water partition coefficient (Wildman–Crippen LogP) is 7.27. The van der Waals surface area contributed by atoms with Crippen molar-refractivity contribution in [3.8, 4) is 22.9 Å². The third-order valence-electron chi connectivity index (χ3n) is 8.62. The van der Waals surface area contributed by atoms with E-state index in [-0.39, 0.29) is 23.6 Å². The molecule has 0 saturated heterocycles. The molecule has 4 heterocycles.